The normalized spacial score (nSPS) is 17.2. The third-order valence-corrected chi connectivity index (χ3v) is 3.41. The van der Waals surface area contributed by atoms with E-state index in [1.165, 1.54) is 32.1 Å². The molecule has 3 unspecified atom stereocenters. The van der Waals surface area contributed by atoms with Crippen LogP contribution in [0.15, 0.2) is 12.2 Å². The maximum absolute atomic E-state index is 3.91. The van der Waals surface area contributed by atoms with E-state index in [-0.39, 0.29) is 0 Å². The Morgan fingerprint density at radius 1 is 0.941 bits per heavy atom. The van der Waals surface area contributed by atoms with Gasteiger partial charge in [-0.2, -0.15) is 0 Å². The molecule has 0 aliphatic heterocycles. The van der Waals surface area contributed by atoms with E-state index in [0.717, 1.165) is 24.7 Å². The van der Waals surface area contributed by atoms with Crippen LogP contribution in [0.3, 0.4) is 0 Å². The van der Waals surface area contributed by atoms with Crippen molar-refractivity contribution >= 4 is 0 Å². The summed E-state index contributed by atoms with van der Waals surface area (Å²) in [6, 6.07) is 0. The molecule has 0 aromatic carbocycles. The van der Waals surface area contributed by atoms with Crippen LogP contribution in [0.2, 0.25) is 0 Å². The molecule has 0 spiro atoms. The first-order valence-corrected chi connectivity index (χ1v) is 7.35. The highest BCUT2D eigenvalue weighted by molar-refractivity contribution is 4.87. The van der Waals surface area contributed by atoms with E-state index in [0.29, 0.717) is 5.92 Å². The predicted octanol–water partition coefficient (Wildman–Crippen LogP) is 5.85. The molecule has 0 saturated carbocycles. The van der Waals surface area contributed by atoms with Crippen LogP contribution in [0.4, 0.5) is 0 Å². The Morgan fingerprint density at radius 3 is 2.24 bits per heavy atom. The van der Waals surface area contributed by atoms with Crippen LogP contribution in [0.25, 0.3) is 0 Å². The average molecular weight is 236 g/mol. The molecule has 3 atom stereocenters. The van der Waals surface area contributed by atoms with Crippen LogP contribution < -0.4 is 0 Å². The second kappa shape index (κ2) is 10.9. The van der Waals surface area contributed by atoms with Gasteiger partial charge < -0.3 is 0 Å². The lowest BCUT2D eigenvalue weighted by molar-refractivity contribution is 0.389. The minimum atomic E-state index is 0.697. The molecule has 0 aliphatic rings. The van der Waals surface area contributed by atoms with Crippen LogP contribution in [0, 0.1) is 31.6 Å². The zero-order valence-electron chi connectivity index (χ0n) is 12.3. The van der Waals surface area contributed by atoms with Crippen LogP contribution in [0.5, 0.6) is 0 Å². The quantitative estimate of drug-likeness (QED) is 0.417. The van der Waals surface area contributed by atoms with Gasteiger partial charge in [0.1, 0.15) is 0 Å². The summed E-state index contributed by atoms with van der Waals surface area (Å²) in [4.78, 5) is 0. The lowest BCUT2D eigenvalue weighted by Gasteiger charge is -2.15. The molecule has 0 aliphatic carbocycles. The van der Waals surface area contributed by atoms with Crippen molar-refractivity contribution in [2.24, 2.45) is 17.8 Å². The second-order valence-electron chi connectivity index (χ2n) is 5.73. The maximum Gasteiger partial charge on any atom is -0.0262 e. The molecule has 0 N–H and O–H groups in total. The van der Waals surface area contributed by atoms with Crippen molar-refractivity contribution in [2.75, 3.05) is 0 Å². The van der Waals surface area contributed by atoms with Crippen molar-refractivity contribution in [1.82, 2.24) is 0 Å². The molecule has 0 bridgehead atoms. The van der Waals surface area contributed by atoms with Crippen molar-refractivity contribution in [1.29, 1.82) is 0 Å². The molecular formula is C17H32. The van der Waals surface area contributed by atoms with Crippen LogP contribution in [-0.2, 0) is 0 Å². The summed E-state index contributed by atoms with van der Waals surface area (Å²) in [6.45, 7) is 14.8. The van der Waals surface area contributed by atoms with Crippen LogP contribution >= 0.6 is 0 Å². The van der Waals surface area contributed by atoms with Gasteiger partial charge in [0, 0.05) is 0 Å². The zero-order valence-corrected chi connectivity index (χ0v) is 12.3. The Balaban J connectivity index is 3.67. The molecule has 0 aromatic heterocycles. The van der Waals surface area contributed by atoms with Crippen molar-refractivity contribution < 1.29 is 0 Å². The van der Waals surface area contributed by atoms with Gasteiger partial charge in [-0.1, -0.05) is 72.5 Å². The predicted molar refractivity (Wildman–Crippen MR) is 79.7 cm³/mol. The van der Waals surface area contributed by atoms with Gasteiger partial charge in [0.2, 0.25) is 0 Å². The van der Waals surface area contributed by atoms with Gasteiger partial charge in [-0.15, -0.1) is 0 Å². The zero-order chi connectivity index (χ0) is 13.1. The lowest BCUT2D eigenvalue weighted by Crippen LogP contribution is -2.02. The summed E-state index contributed by atoms with van der Waals surface area (Å²) < 4.78 is 0. The highest BCUT2D eigenvalue weighted by Gasteiger charge is 2.07. The molecule has 0 rings (SSSR count). The molecule has 0 heteroatoms. The minimum Gasteiger partial charge on any atom is -0.0880 e. The SMILES string of the molecule is [CH2]CCCC(C)CC(C)CC=CC(C)CC[CH2]. The summed E-state index contributed by atoms with van der Waals surface area (Å²) in [5, 5.41) is 0. The smallest absolute Gasteiger partial charge is 0.0262 e. The topological polar surface area (TPSA) is 0 Å². The summed E-state index contributed by atoms with van der Waals surface area (Å²) in [5.74, 6) is 2.37. The first-order chi connectivity index (χ1) is 8.10. The third kappa shape index (κ3) is 10.6. The maximum atomic E-state index is 3.91. The highest BCUT2D eigenvalue weighted by Crippen LogP contribution is 2.20. The van der Waals surface area contributed by atoms with Crippen molar-refractivity contribution in [2.45, 2.75) is 65.7 Å². The molecule has 0 fully saturated rings. The summed E-state index contributed by atoms with van der Waals surface area (Å²) >= 11 is 0. The van der Waals surface area contributed by atoms with Gasteiger partial charge in [-0.3, -0.25) is 0 Å². The first-order valence-electron chi connectivity index (χ1n) is 7.35. The van der Waals surface area contributed by atoms with Gasteiger partial charge in [-0.05, 0) is 37.0 Å². The number of allylic oxidation sites excluding steroid dienone is 2. The summed E-state index contributed by atoms with van der Waals surface area (Å²) in [6.07, 6.45) is 13.3. The molecule has 0 nitrogen and oxygen atoms in total. The highest BCUT2D eigenvalue weighted by atomic mass is 14.1. The van der Waals surface area contributed by atoms with Gasteiger partial charge >= 0.3 is 0 Å². The lowest BCUT2D eigenvalue weighted by atomic mass is 9.91. The Hall–Kier alpha value is -0.260. The minimum absolute atomic E-state index is 0.697. The molecule has 0 aromatic rings. The largest absolute Gasteiger partial charge is 0.0880 e. The van der Waals surface area contributed by atoms with Crippen molar-refractivity contribution in [3.63, 3.8) is 0 Å². The average Bonchev–Trinajstić information content (AvgIpc) is 2.26. The van der Waals surface area contributed by atoms with E-state index < -0.39 is 0 Å². The Labute approximate surface area is 110 Å². The van der Waals surface area contributed by atoms with E-state index in [1.54, 1.807) is 0 Å². The summed E-state index contributed by atoms with van der Waals surface area (Å²) in [7, 11) is 0. The van der Waals surface area contributed by atoms with Gasteiger partial charge in [0.25, 0.3) is 0 Å². The number of rotatable bonds is 10. The molecule has 0 amide bonds. The fourth-order valence-electron chi connectivity index (χ4n) is 2.36. The number of hydrogen-bond acceptors (Lipinski definition) is 0. The van der Waals surface area contributed by atoms with E-state index >= 15 is 0 Å². The first kappa shape index (κ1) is 16.7. The number of hydrogen-bond donors (Lipinski definition) is 0. The third-order valence-electron chi connectivity index (χ3n) is 3.41. The van der Waals surface area contributed by atoms with Gasteiger partial charge in [0.15, 0.2) is 0 Å². The Kier molecular flexibility index (Phi) is 10.7. The second-order valence-corrected chi connectivity index (χ2v) is 5.73. The van der Waals surface area contributed by atoms with E-state index in [2.05, 4.69) is 46.8 Å². The van der Waals surface area contributed by atoms with Gasteiger partial charge in [-0.25, -0.2) is 0 Å². The van der Waals surface area contributed by atoms with E-state index in [1.807, 2.05) is 0 Å². The Morgan fingerprint density at radius 2 is 1.65 bits per heavy atom. The van der Waals surface area contributed by atoms with Crippen molar-refractivity contribution in [3.05, 3.63) is 26.0 Å². The molecule has 0 heterocycles. The van der Waals surface area contributed by atoms with Gasteiger partial charge in [0.05, 0.1) is 0 Å². The Bertz CT molecular complexity index is 180. The van der Waals surface area contributed by atoms with E-state index in [4.69, 9.17) is 0 Å². The summed E-state index contributed by atoms with van der Waals surface area (Å²) in [5.41, 5.74) is 0. The van der Waals surface area contributed by atoms with Crippen LogP contribution in [-0.4, -0.2) is 0 Å². The molecule has 0 saturated heterocycles. The number of unbranched alkanes of at least 4 members (excludes halogenated alkanes) is 1. The molecule has 17 heavy (non-hydrogen) atoms. The van der Waals surface area contributed by atoms with Crippen molar-refractivity contribution in [3.8, 4) is 0 Å². The van der Waals surface area contributed by atoms with E-state index in [9.17, 15) is 0 Å². The molecule has 100 valence electrons. The fourth-order valence-corrected chi connectivity index (χ4v) is 2.36. The van der Waals surface area contributed by atoms with Crippen LogP contribution in [0.1, 0.15) is 65.7 Å². The molecular weight excluding hydrogens is 204 g/mol. The molecule has 2 radical (unpaired) electrons. The monoisotopic (exact) mass is 236 g/mol. The fraction of sp³-hybridized carbons (Fsp3) is 0.765. The standard InChI is InChI=1S/C17H32/c1-6-8-11-16(4)14-17(5)13-9-12-15(3)10-7-2/h9,12,15-17H,1-2,6-8,10-11,13-14H2,3-5H3.